The van der Waals surface area contributed by atoms with E-state index in [9.17, 15) is 4.79 Å². The van der Waals surface area contributed by atoms with E-state index < -0.39 is 18.7 Å². The molecule has 0 amide bonds. The Kier molecular flexibility index (Phi) is 3.16. The van der Waals surface area contributed by atoms with Crippen molar-refractivity contribution in [3.63, 3.8) is 0 Å². The van der Waals surface area contributed by atoms with Gasteiger partial charge in [0.2, 0.25) is 0 Å². The second-order valence-corrected chi connectivity index (χ2v) is 2.13. The maximum absolute atomic E-state index is 10.5. The van der Waals surface area contributed by atoms with Crippen LogP contribution in [0.1, 0.15) is 37.5 Å². The molecule has 0 aromatic carbocycles. The summed E-state index contributed by atoms with van der Waals surface area (Å²) in [5.74, 6) is -1.40. The van der Waals surface area contributed by atoms with Crippen molar-refractivity contribution in [1.82, 2.24) is 0 Å². The van der Waals surface area contributed by atoms with Gasteiger partial charge in [-0.2, -0.15) is 0 Å². The molecule has 0 aliphatic heterocycles. The fourth-order valence-corrected chi connectivity index (χ4v) is 0.635. The standard InChI is InChI=1S/C7H13ClO2/c8-6-4-2-1-3-5-7(9)10/h1-6H2,(H,9,10)/i3D2,5D2. The van der Waals surface area contributed by atoms with Crippen LogP contribution in [0.5, 0.6) is 0 Å². The number of unbranched alkanes of at least 4 members (excludes halogenated alkanes) is 1. The van der Waals surface area contributed by atoms with Crippen molar-refractivity contribution in [3.8, 4) is 0 Å². The van der Waals surface area contributed by atoms with Gasteiger partial charge < -0.3 is 5.11 Å². The van der Waals surface area contributed by atoms with Crippen LogP contribution in [0.4, 0.5) is 0 Å². The first-order valence-electron chi connectivity index (χ1n) is 5.05. The molecular weight excluding hydrogens is 152 g/mol. The van der Waals surface area contributed by atoms with Gasteiger partial charge in [-0.1, -0.05) is 12.8 Å². The lowest BCUT2D eigenvalue weighted by atomic mass is 10.2. The maximum Gasteiger partial charge on any atom is 0.303 e. The first-order valence-corrected chi connectivity index (χ1v) is 3.58. The van der Waals surface area contributed by atoms with Gasteiger partial charge in [-0.05, 0) is 12.8 Å². The Morgan fingerprint density at radius 2 is 2.20 bits per heavy atom. The normalized spacial score (nSPS) is 18.5. The van der Waals surface area contributed by atoms with Gasteiger partial charge >= 0.3 is 5.97 Å². The summed E-state index contributed by atoms with van der Waals surface area (Å²) in [6.07, 6.45) is -4.41. The first-order chi connectivity index (χ1) is 6.25. The molecule has 3 heteroatoms. The molecule has 0 heterocycles. The molecule has 0 aromatic heterocycles. The average molecular weight is 169 g/mol. The van der Waals surface area contributed by atoms with Gasteiger partial charge in [0, 0.05) is 17.7 Å². The summed E-state index contributed by atoms with van der Waals surface area (Å²) in [6.45, 7) is 0. The summed E-state index contributed by atoms with van der Waals surface area (Å²) in [7, 11) is 0. The van der Waals surface area contributed by atoms with Crippen molar-refractivity contribution in [2.75, 3.05) is 5.88 Å². The van der Waals surface area contributed by atoms with Gasteiger partial charge in [0.25, 0.3) is 0 Å². The van der Waals surface area contributed by atoms with Crippen molar-refractivity contribution >= 4 is 17.6 Å². The van der Waals surface area contributed by atoms with Gasteiger partial charge in [-0.25, -0.2) is 0 Å². The molecule has 0 aromatic rings. The third-order valence-electron chi connectivity index (χ3n) is 0.881. The molecule has 0 rings (SSSR count). The zero-order valence-corrected chi connectivity index (χ0v) is 6.32. The van der Waals surface area contributed by atoms with Crippen LogP contribution in [0, 0.1) is 0 Å². The van der Waals surface area contributed by atoms with Gasteiger partial charge in [0.1, 0.15) is 0 Å². The lowest BCUT2D eigenvalue weighted by Gasteiger charge is -1.94. The fourth-order valence-electron chi connectivity index (χ4n) is 0.446. The zero-order valence-electron chi connectivity index (χ0n) is 9.56. The minimum atomic E-state index is -2.85. The Balaban J connectivity index is 4.36. The topological polar surface area (TPSA) is 37.3 Å². The van der Waals surface area contributed by atoms with E-state index in [-0.39, 0.29) is 6.42 Å². The van der Waals surface area contributed by atoms with E-state index in [1.165, 1.54) is 0 Å². The van der Waals surface area contributed by atoms with E-state index in [4.69, 9.17) is 22.2 Å². The highest BCUT2D eigenvalue weighted by atomic mass is 35.5. The summed E-state index contributed by atoms with van der Waals surface area (Å²) in [5.41, 5.74) is 0. The molecule has 0 fully saturated rings. The average Bonchev–Trinajstić information content (AvgIpc) is 2.04. The minimum absolute atomic E-state index is 0.140. The smallest absolute Gasteiger partial charge is 0.303 e. The highest BCUT2D eigenvalue weighted by molar-refractivity contribution is 6.17. The summed E-state index contributed by atoms with van der Waals surface area (Å²) < 4.78 is 28.8. The number of carboxylic acid groups (broad SMARTS) is 1. The third-order valence-corrected chi connectivity index (χ3v) is 1.15. The molecule has 0 aliphatic rings. The maximum atomic E-state index is 10.5. The van der Waals surface area contributed by atoms with E-state index in [1.54, 1.807) is 0 Å². The molecule has 0 atom stereocenters. The lowest BCUT2D eigenvalue weighted by Crippen LogP contribution is -1.93. The van der Waals surface area contributed by atoms with E-state index in [1.807, 2.05) is 0 Å². The zero-order chi connectivity index (χ0) is 11.4. The summed E-state index contributed by atoms with van der Waals surface area (Å²) >= 11 is 5.37. The molecule has 0 unspecified atom stereocenters. The monoisotopic (exact) mass is 168 g/mol. The van der Waals surface area contributed by atoms with Crippen LogP contribution in [0.2, 0.25) is 0 Å². The Bertz CT molecular complexity index is 208. The largest absolute Gasteiger partial charge is 0.481 e. The molecule has 1 N–H and O–H groups in total. The number of alkyl halides is 1. The van der Waals surface area contributed by atoms with Crippen LogP contribution >= 0.6 is 11.6 Å². The van der Waals surface area contributed by atoms with Crippen LogP contribution in [0.15, 0.2) is 0 Å². The van der Waals surface area contributed by atoms with Crippen molar-refractivity contribution in [2.45, 2.75) is 32.0 Å². The van der Waals surface area contributed by atoms with E-state index in [0.29, 0.717) is 18.7 Å². The molecule has 0 aliphatic carbocycles. The van der Waals surface area contributed by atoms with E-state index in [2.05, 4.69) is 0 Å². The fraction of sp³-hybridized carbons (Fsp3) is 0.857. The molecule has 10 heavy (non-hydrogen) atoms. The molecule has 0 saturated carbocycles. The number of aliphatic carboxylic acids is 1. The van der Waals surface area contributed by atoms with Gasteiger partial charge in [0.05, 0.1) is 0 Å². The number of rotatable bonds is 6. The summed E-state index contributed by atoms with van der Waals surface area (Å²) in [4.78, 5) is 10.5. The van der Waals surface area contributed by atoms with Crippen LogP contribution in [0.25, 0.3) is 0 Å². The second-order valence-electron chi connectivity index (χ2n) is 1.75. The molecule has 2 nitrogen and oxygen atoms in total. The molecule has 60 valence electrons. The molecule has 0 spiro atoms. The van der Waals surface area contributed by atoms with E-state index >= 15 is 0 Å². The van der Waals surface area contributed by atoms with E-state index in [0.717, 1.165) is 0 Å². The van der Waals surface area contributed by atoms with Gasteiger partial charge in [0.15, 0.2) is 0 Å². The van der Waals surface area contributed by atoms with Crippen molar-refractivity contribution < 1.29 is 15.4 Å². The predicted octanol–water partition coefficient (Wildman–Crippen LogP) is 2.26. The molecular formula is C7H13ClO2. The molecule has 0 radical (unpaired) electrons. The number of hydrogen-bond donors (Lipinski definition) is 1. The number of carboxylic acids is 1. The Morgan fingerprint density at radius 3 is 2.70 bits per heavy atom. The van der Waals surface area contributed by atoms with Crippen LogP contribution in [-0.4, -0.2) is 17.0 Å². The minimum Gasteiger partial charge on any atom is -0.481 e. The number of carbonyl (C=O) groups is 1. The Morgan fingerprint density at radius 1 is 1.50 bits per heavy atom. The number of halogens is 1. The Hall–Kier alpha value is -0.240. The third kappa shape index (κ3) is 7.76. The predicted molar refractivity (Wildman–Crippen MR) is 41.4 cm³/mol. The SMILES string of the molecule is [2H]C([2H])(CCCCCl)C([2H])([2H])C(=O)O. The highest BCUT2D eigenvalue weighted by Gasteiger charge is 1.94. The summed E-state index contributed by atoms with van der Waals surface area (Å²) in [5, 5.41) is 8.49. The van der Waals surface area contributed by atoms with Gasteiger partial charge in [-0.3, -0.25) is 4.79 Å². The first kappa shape index (κ1) is 4.60. The highest BCUT2D eigenvalue weighted by Crippen LogP contribution is 2.03. The van der Waals surface area contributed by atoms with Gasteiger partial charge in [-0.15, -0.1) is 11.6 Å². The van der Waals surface area contributed by atoms with Crippen LogP contribution in [-0.2, 0) is 4.79 Å². The van der Waals surface area contributed by atoms with Crippen molar-refractivity contribution in [3.05, 3.63) is 0 Å². The Labute approximate surface area is 71.8 Å². The molecule has 0 bridgehead atoms. The lowest BCUT2D eigenvalue weighted by molar-refractivity contribution is -0.137. The van der Waals surface area contributed by atoms with Crippen molar-refractivity contribution in [2.24, 2.45) is 0 Å². The molecule has 0 saturated heterocycles. The van der Waals surface area contributed by atoms with Crippen LogP contribution in [0.3, 0.4) is 0 Å². The second kappa shape index (κ2) is 6.87. The van der Waals surface area contributed by atoms with Crippen LogP contribution < -0.4 is 0 Å². The van der Waals surface area contributed by atoms with Crippen molar-refractivity contribution in [1.29, 1.82) is 0 Å². The summed E-state index contributed by atoms with van der Waals surface area (Å²) in [6, 6.07) is 0. The quantitative estimate of drug-likeness (QED) is 0.488. The number of hydrogen-bond acceptors (Lipinski definition) is 1.